The van der Waals surface area contributed by atoms with Gasteiger partial charge in [-0.1, -0.05) is 12.1 Å². The minimum Gasteiger partial charge on any atom is -0.476 e. The van der Waals surface area contributed by atoms with Crippen molar-refractivity contribution in [3.8, 4) is 11.3 Å². The number of carbonyl (C=O) groups is 1. The van der Waals surface area contributed by atoms with Gasteiger partial charge in [0, 0.05) is 10.4 Å². The highest BCUT2D eigenvalue weighted by Crippen LogP contribution is 2.31. The summed E-state index contributed by atoms with van der Waals surface area (Å²) in [5.41, 5.74) is 4.66. The molecule has 2 aromatic rings. The summed E-state index contributed by atoms with van der Waals surface area (Å²) >= 11 is 1.24. The van der Waals surface area contributed by atoms with Crippen LogP contribution in [0.5, 0.6) is 0 Å². The number of hydrogen-bond donors (Lipinski definition) is 1. The van der Waals surface area contributed by atoms with Crippen molar-refractivity contribution >= 4 is 17.3 Å². The van der Waals surface area contributed by atoms with Gasteiger partial charge >= 0.3 is 5.97 Å². The largest absolute Gasteiger partial charge is 0.476 e. The number of fused-ring (bicyclic) bond motifs is 1. The van der Waals surface area contributed by atoms with Crippen LogP contribution in [0.2, 0.25) is 0 Å². The number of carboxylic acids is 1. The molecule has 4 heteroatoms. The molecule has 0 aliphatic heterocycles. The van der Waals surface area contributed by atoms with Gasteiger partial charge in [0.1, 0.15) is 0 Å². The van der Waals surface area contributed by atoms with Crippen LogP contribution < -0.4 is 0 Å². The molecule has 3 rings (SSSR count). The number of aromatic carboxylic acids is 1. The van der Waals surface area contributed by atoms with Crippen LogP contribution in [0.15, 0.2) is 18.2 Å². The molecule has 1 aromatic heterocycles. The van der Waals surface area contributed by atoms with Crippen LogP contribution in [0.3, 0.4) is 0 Å². The molecule has 1 heterocycles. The number of rotatable bonds is 2. The number of aromatic nitrogens is 1. The summed E-state index contributed by atoms with van der Waals surface area (Å²) in [6.07, 6.45) is 3.50. The normalized spacial score (nSPS) is 13.6. The van der Waals surface area contributed by atoms with E-state index in [2.05, 4.69) is 23.2 Å². The molecular formula is C14H13NO2S. The van der Waals surface area contributed by atoms with Crippen molar-refractivity contribution in [3.05, 3.63) is 39.2 Å². The van der Waals surface area contributed by atoms with E-state index in [4.69, 9.17) is 5.11 Å². The molecule has 1 aliphatic rings. The number of nitrogens with zero attached hydrogens (tertiary/aromatic N) is 1. The van der Waals surface area contributed by atoms with Gasteiger partial charge in [-0.3, -0.25) is 0 Å². The molecule has 0 saturated heterocycles. The molecule has 0 amide bonds. The quantitative estimate of drug-likeness (QED) is 0.900. The van der Waals surface area contributed by atoms with Crippen LogP contribution in [0.25, 0.3) is 11.3 Å². The van der Waals surface area contributed by atoms with E-state index in [0.717, 1.165) is 29.0 Å². The van der Waals surface area contributed by atoms with E-state index in [0.29, 0.717) is 0 Å². The molecule has 1 aromatic carbocycles. The molecule has 0 unspecified atom stereocenters. The monoisotopic (exact) mass is 259 g/mol. The third kappa shape index (κ3) is 1.82. The Morgan fingerprint density at radius 3 is 2.83 bits per heavy atom. The zero-order chi connectivity index (χ0) is 12.7. The predicted octanol–water partition coefficient (Wildman–Crippen LogP) is 3.31. The number of aryl methyl sites for hydroxylation is 3. The Balaban J connectivity index is 2.07. The number of carboxylic acid groups (broad SMARTS) is 1. The molecule has 0 spiro atoms. The van der Waals surface area contributed by atoms with Crippen molar-refractivity contribution in [1.29, 1.82) is 0 Å². The minimum atomic E-state index is -0.949. The van der Waals surface area contributed by atoms with E-state index in [9.17, 15) is 4.79 Å². The van der Waals surface area contributed by atoms with Gasteiger partial charge in [0.2, 0.25) is 5.01 Å². The second-order valence-corrected chi connectivity index (χ2v) is 5.77. The number of thiazole rings is 1. The molecule has 18 heavy (non-hydrogen) atoms. The maximum atomic E-state index is 10.9. The summed E-state index contributed by atoms with van der Waals surface area (Å²) in [5.74, 6) is -0.949. The third-order valence-corrected chi connectivity index (χ3v) is 4.31. The van der Waals surface area contributed by atoms with E-state index < -0.39 is 5.97 Å². The first-order valence-corrected chi connectivity index (χ1v) is 6.79. The Kier molecular flexibility index (Phi) is 2.67. The minimum absolute atomic E-state index is 0.169. The fourth-order valence-corrected chi connectivity index (χ4v) is 3.25. The standard InChI is InChI=1S/C14H13NO2S/c1-8-12(15-13(18-8)14(16)17)11-6-5-9-3-2-4-10(9)7-11/h5-7H,2-4H2,1H3,(H,16,17). The third-order valence-electron chi connectivity index (χ3n) is 3.35. The van der Waals surface area contributed by atoms with Crippen molar-refractivity contribution < 1.29 is 9.90 Å². The summed E-state index contributed by atoms with van der Waals surface area (Å²) in [5, 5.41) is 9.14. The first-order chi connectivity index (χ1) is 8.65. The summed E-state index contributed by atoms with van der Waals surface area (Å²) in [6.45, 7) is 1.92. The van der Waals surface area contributed by atoms with Gasteiger partial charge in [0.05, 0.1) is 5.69 Å². The topological polar surface area (TPSA) is 50.2 Å². The maximum Gasteiger partial charge on any atom is 0.365 e. The van der Waals surface area contributed by atoms with Crippen molar-refractivity contribution in [3.63, 3.8) is 0 Å². The van der Waals surface area contributed by atoms with E-state index in [1.165, 1.54) is 28.9 Å². The van der Waals surface area contributed by atoms with Gasteiger partial charge in [-0.15, -0.1) is 11.3 Å². The van der Waals surface area contributed by atoms with Gasteiger partial charge in [-0.25, -0.2) is 9.78 Å². The molecule has 3 nitrogen and oxygen atoms in total. The lowest BCUT2D eigenvalue weighted by atomic mass is 10.0. The van der Waals surface area contributed by atoms with Crippen molar-refractivity contribution in [2.45, 2.75) is 26.2 Å². The second-order valence-electron chi connectivity index (χ2n) is 4.57. The Morgan fingerprint density at radius 2 is 2.11 bits per heavy atom. The fourth-order valence-electron chi connectivity index (χ4n) is 2.47. The van der Waals surface area contributed by atoms with Gasteiger partial charge in [-0.05, 0) is 43.4 Å². The van der Waals surface area contributed by atoms with Crippen LogP contribution >= 0.6 is 11.3 Å². The van der Waals surface area contributed by atoms with Gasteiger partial charge in [0.15, 0.2) is 0 Å². The smallest absolute Gasteiger partial charge is 0.365 e. The summed E-state index contributed by atoms with van der Waals surface area (Å²) in [6, 6.07) is 6.37. The predicted molar refractivity (Wildman–Crippen MR) is 71.3 cm³/mol. The van der Waals surface area contributed by atoms with Crippen molar-refractivity contribution in [2.75, 3.05) is 0 Å². The zero-order valence-electron chi connectivity index (χ0n) is 10.1. The molecule has 92 valence electrons. The van der Waals surface area contributed by atoms with Crippen molar-refractivity contribution in [1.82, 2.24) is 4.98 Å². The first-order valence-electron chi connectivity index (χ1n) is 5.98. The lowest BCUT2D eigenvalue weighted by Crippen LogP contribution is -1.94. The van der Waals surface area contributed by atoms with E-state index in [1.54, 1.807) is 0 Å². The Bertz CT molecular complexity index is 631. The van der Waals surface area contributed by atoms with E-state index in [1.807, 2.05) is 6.92 Å². The van der Waals surface area contributed by atoms with E-state index in [-0.39, 0.29) is 5.01 Å². The average molecular weight is 259 g/mol. The number of benzene rings is 1. The van der Waals surface area contributed by atoms with Crippen LogP contribution in [0.4, 0.5) is 0 Å². The highest BCUT2D eigenvalue weighted by molar-refractivity contribution is 7.13. The molecular weight excluding hydrogens is 246 g/mol. The molecule has 0 saturated carbocycles. The zero-order valence-corrected chi connectivity index (χ0v) is 10.9. The first kappa shape index (κ1) is 11.4. The molecule has 0 radical (unpaired) electrons. The summed E-state index contributed by atoms with van der Waals surface area (Å²) in [4.78, 5) is 16.1. The Labute approximate surface area is 109 Å². The number of hydrogen-bond acceptors (Lipinski definition) is 3. The average Bonchev–Trinajstić information content (AvgIpc) is 2.93. The van der Waals surface area contributed by atoms with Crippen molar-refractivity contribution in [2.24, 2.45) is 0 Å². The van der Waals surface area contributed by atoms with Crippen LogP contribution in [0, 0.1) is 6.92 Å². The van der Waals surface area contributed by atoms with E-state index >= 15 is 0 Å². The summed E-state index contributed by atoms with van der Waals surface area (Å²) in [7, 11) is 0. The van der Waals surface area contributed by atoms with Gasteiger partial charge < -0.3 is 5.11 Å². The maximum absolute atomic E-state index is 10.9. The molecule has 0 fully saturated rings. The van der Waals surface area contributed by atoms with Crippen LogP contribution in [0.1, 0.15) is 32.2 Å². The highest BCUT2D eigenvalue weighted by atomic mass is 32.1. The molecule has 0 atom stereocenters. The van der Waals surface area contributed by atoms with Gasteiger partial charge in [0.25, 0.3) is 0 Å². The lowest BCUT2D eigenvalue weighted by Gasteiger charge is -2.03. The lowest BCUT2D eigenvalue weighted by molar-refractivity contribution is 0.0696. The second kappa shape index (κ2) is 4.21. The Morgan fingerprint density at radius 1 is 1.33 bits per heavy atom. The van der Waals surface area contributed by atoms with Gasteiger partial charge in [-0.2, -0.15) is 0 Å². The molecule has 1 aliphatic carbocycles. The Hall–Kier alpha value is -1.68. The SMILES string of the molecule is Cc1sc(C(=O)O)nc1-c1ccc2c(c1)CCC2. The highest BCUT2D eigenvalue weighted by Gasteiger charge is 2.17. The molecule has 1 N–H and O–H groups in total. The molecule has 0 bridgehead atoms. The van der Waals surface area contributed by atoms with Crippen LogP contribution in [-0.4, -0.2) is 16.1 Å². The fraction of sp³-hybridized carbons (Fsp3) is 0.286. The summed E-state index contributed by atoms with van der Waals surface area (Å²) < 4.78 is 0. The van der Waals surface area contributed by atoms with Crippen LogP contribution in [-0.2, 0) is 12.8 Å².